The number of hydrogen-bond acceptors (Lipinski definition) is 4. The number of methoxy groups -OCH3 is 1. The Balaban J connectivity index is 3.19. The maximum atomic E-state index is 11.9. The van der Waals surface area contributed by atoms with Crippen molar-refractivity contribution in [2.24, 2.45) is 0 Å². The molecular formula is C17H27N3O4. The van der Waals surface area contributed by atoms with Crippen molar-refractivity contribution in [3.63, 3.8) is 0 Å². The third-order valence-electron chi connectivity index (χ3n) is 3.41. The highest BCUT2D eigenvalue weighted by atomic mass is 16.5. The second-order valence-electron chi connectivity index (χ2n) is 6.91. The van der Waals surface area contributed by atoms with Gasteiger partial charge >= 0.3 is 6.09 Å². The zero-order valence-corrected chi connectivity index (χ0v) is 15.2. The first-order chi connectivity index (χ1) is 11.0. The molecule has 24 heavy (non-hydrogen) atoms. The van der Waals surface area contributed by atoms with E-state index in [1.165, 1.54) is 7.11 Å². The number of carbonyl (C=O) groups is 2. The lowest BCUT2D eigenvalue weighted by molar-refractivity contribution is -0.121. The quantitative estimate of drug-likeness (QED) is 0.741. The van der Waals surface area contributed by atoms with Crippen molar-refractivity contribution >= 4 is 17.7 Å². The number of nitrogens with zero attached hydrogens (tertiary/aromatic N) is 1. The molecular weight excluding hydrogens is 310 g/mol. The molecule has 0 heterocycles. The lowest BCUT2D eigenvalue weighted by atomic mass is 9.85. The van der Waals surface area contributed by atoms with Gasteiger partial charge < -0.3 is 20.1 Å². The summed E-state index contributed by atoms with van der Waals surface area (Å²) in [6.45, 7) is 6.64. The van der Waals surface area contributed by atoms with Crippen LogP contribution in [0.15, 0.2) is 12.1 Å². The molecule has 0 fully saturated rings. The molecule has 1 aromatic rings. The molecule has 0 aliphatic carbocycles. The van der Waals surface area contributed by atoms with Crippen molar-refractivity contribution < 1.29 is 19.4 Å². The molecule has 0 saturated carbocycles. The SMILES string of the molecule is COc1c(CNC(=O)CN(C)C)cc(C(C)(C)C)cc1NC(=O)O. The minimum Gasteiger partial charge on any atom is -0.494 e. The Kier molecular flexibility index (Phi) is 6.60. The zero-order valence-electron chi connectivity index (χ0n) is 15.2. The second-order valence-corrected chi connectivity index (χ2v) is 6.91. The topological polar surface area (TPSA) is 90.9 Å². The highest BCUT2D eigenvalue weighted by Gasteiger charge is 2.20. The van der Waals surface area contributed by atoms with E-state index in [1.54, 1.807) is 11.0 Å². The highest BCUT2D eigenvalue weighted by Crippen LogP contribution is 2.35. The van der Waals surface area contributed by atoms with Crippen LogP contribution in [0.5, 0.6) is 5.75 Å². The number of rotatable bonds is 6. The Bertz CT molecular complexity index is 607. The van der Waals surface area contributed by atoms with E-state index in [4.69, 9.17) is 9.84 Å². The number of anilines is 1. The van der Waals surface area contributed by atoms with Crippen LogP contribution < -0.4 is 15.4 Å². The van der Waals surface area contributed by atoms with Gasteiger partial charge in [0.25, 0.3) is 0 Å². The average Bonchev–Trinajstić information content (AvgIpc) is 2.42. The molecule has 0 unspecified atom stereocenters. The molecule has 1 rings (SSSR count). The van der Waals surface area contributed by atoms with E-state index < -0.39 is 6.09 Å². The maximum Gasteiger partial charge on any atom is 0.409 e. The molecule has 0 aliphatic heterocycles. The van der Waals surface area contributed by atoms with Crippen molar-refractivity contribution in [1.29, 1.82) is 0 Å². The number of ether oxygens (including phenoxy) is 1. The van der Waals surface area contributed by atoms with Gasteiger partial charge in [0.1, 0.15) is 5.75 Å². The van der Waals surface area contributed by atoms with Gasteiger partial charge in [-0.2, -0.15) is 0 Å². The summed E-state index contributed by atoms with van der Waals surface area (Å²) in [6, 6.07) is 3.69. The van der Waals surface area contributed by atoms with Gasteiger partial charge in [-0.1, -0.05) is 20.8 Å². The number of likely N-dealkylation sites (N-methyl/N-ethyl adjacent to an activating group) is 1. The molecule has 0 aliphatic rings. The molecule has 0 aromatic heterocycles. The minimum absolute atomic E-state index is 0.115. The summed E-state index contributed by atoms with van der Waals surface area (Å²) >= 11 is 0. The molecule has 7 heteroatoms. The Labute approximate surface area is 143 Å². The normalized spacial score (nSPS) is 11.3. The summed E-state index contributed by atoms with van der Waals surface area (Å²) in [6.07, 6.45) is -1.16. The van der Waals surface area contributed by atoms with Crippen LogP contribution in [0.3, 0.4) is 0 Å². The van der Waals surface area contributed by atoms with Gasteiger partial charge in [-0.25, -0.2) is 4.79 Å². The number of amides is 2. The van der Waals surface area contributed by atoms with Crippen LogP contribution in [0.25, 0.3) is 0 Å². The molecule has 0 atom stereocenters. The predicted molar refractivity (Wildman–Crippen MR) is 93.7 cm³/mol. The fraction of sp³-hybridized carbons (Fsp3) is 0.529. The zero-order chi connectivity index (χ0) is 18.5. The minimum atomic E-state index is -1.16. The van der Waals surface area contributed by atoms with Gasteiger partial charge in [-0.05, 0) is 37.2 Å². The Morgan fingerprint density at radius 1 is 1.25 bits per heavy atom. The fourth-order valence-corrected chi connectivity index (χ4v) is 2.24. The first-order valence-corrected chi connectivity index (χ1v) is 7.67. The Morgan fingerprint density at radius 3 is 2.33 bits per heavy atom. The van der Waals surface area contributed by atoms with Crippen LogP contribution in [0.4, 0.5) is 10.5 Å². The summed E-state index contributed by atoms with van der Waals surface area (Å²) in [5.74, 6) is 0.298. The summed E-state index contributed by atoms with van der Waals surface area (Å²) in [5, 5.41) is 14.2. The lowest BCUT2D eigenvalue weighted by Gasteiger charge is -2.23. The van der Waals surface area contributed by atoms with Crippen LogP contribution in [-0.2, 0) is 16.8 Å². The Morgan fingerprint density at radius 2 is 1.88 bits per heavy atom. The summed E-state index contributed by atoms with van der Waals surface area (Å²) < 4.78 is 5.37. The smallest absolute Gasteiger partial charge is 0.409 e. The Hall–Kier alpha value is -2.28. The van der Waals surface area contributed by atoms with E-state index in [0.29, 0.717) is 11.4 Å². The van der Waals surface area contributed by atoms with Crippen molar-refractivity contribution in [2.45, 2.75) is 32.7 Å². The van der Waals surface area contributed by atoms with Crippen molar-refractivity contribution in [3.05, 3.63) is 23.3 Å². The van der Waals surface area contributed by atoms with E-state index in [0.717, 1.165) is 11.1 Å². The van der Waals surface area contributed by atoms with Gasteiger partial charge in [0.05, 0.1) is 19.3 Å². The van der Waals surface area contributed by atoms with Crippen LogP contribution in [-0.4, -0.2) is 49.8 Å². The first-order valence-electron chi connectivity index (χ1n) is 7.67. The third-order valence-corrected chi connectivity index (χ3v) is 3.41. The van der Waals surface area contributed by atoms with Gasteiger partial charge in [0.15, 0.2) is 0 Å². The highest BCUT2D eigenvalue weighted by molar-refractivity contribution is 5.86. The van der Waals surface area contributed by atoms with Gasteiger partial charge in [0.2, 0.25) is 5.91 Å². The monoisotopic (exact) mass is 337 g/mol. The largest absolute Gasteiger partial charge is 0.494 e. The molecule has 7 nitrogen and oxygen atoms in total. The molecule has 0 spiro atoms. The second kappa shape index (κ2) is 8.01. The van der Waals surface area contributed by atoms with Gasteiger partial charge in [-0.3, -0.25) is 10.1 Å². The molecule has 2 amide bonds. The molecule has 0 radical (unpaired) electrons. The van der Waals surface area contributed by atoms with Crippen LogP contribution >= 0.6 is 0 Å². The number of carbonyl (C=O) groups excluding carboxylic acids is 1. The maximum absolute atomic E-state index is 11.9. The molecule has 0 bridgehead atoms. The third kappa shape index (κ3) is 5.73. The van der Waals surface area contributed by atoms with Crippen molar-refractivity contribution in [3.8, 4) is 5.75 Å². The molecule has 3 N–H and O–H groups in total. The number of nitrogens with one attached hydrogen (secondary N) is 2. The van der Waals surface area contributed by atoms with Crippen LogP contribution in [0, 0.1) is 0 Å². The average molecular weight is 337 g/mol. The van der Waals surface area contributed by atoms with E-state index >= 15 is 0 Å². The summed E-state index contributed by atoms with van der Waals surface area (Å²) in [5.41, 5.74) is 1.86. The van der Waals surface area contributed by atoms with E-state index in [9.17, 15) is 9.59 Å². The molecule has 134 valence electrons. The molecule has 1 aromatic carbocycles. The molecule has 0 saturated heterocycles. The van der Waals surface area contributed by atoms with Crippen LogP contribution in [0.1, 0.15) is 31.9 Å². The summed E-state index contributed by atoms with van der Waals surface area (Å²) in [4.78, 5) is 24.7. The van der Waals surface area contributed by atoms with E-state index in [2.05, 4.69) is 10.6 Å². The van der Waals surface area contributed by atoms with Crippen LogP contribution in [0.2, 0.25) is 0 Å². The lowest BCUT2D eigenvalue weighted by Crippen LogP contribution is -2.33. The standard InChI is InChI=1S/C17H27N3O4/c1-17(2,3)12-7-11(9-18-14(21)10-20(4)5)15(24-6)13(8-12)19-16(22)23/h7-8,19H,9-10H2,1-6H3,(H,18,21)(H,22,23). The summed E-state index contributed by atoms with van der Waals surface area (Å²) in [7, 11) is 5.11. The number of hydrogen-bond donors (Lipinski definition) is 3. The fourth-order valence-electron chi connectivity index (χ4n) is 2.24. The van der Waals surface area contributed by atoms with Crippen molar-refractivity contribution in [2.75, 3.05) is 33.1 Å². The number of carboxylic acid groups (broad SMARTS) is 1. The first kappa shape index (κ1) is 19.8. The van der Waals surface area contributed by atoms with E-state index in [-0.39, 0.29) is 24.4 Å². The van der Waals surface area contributed by atoms with Gasteiger partial charge in [-0.15, -0.1) is 0 Å². The number of benzene rings is 1. The van der Waals surface area contributed by atoms with E-state index in [1.807, 2.05) is 40.9 Å². The van der Waals surface area contributed by atoms with Crippen molar-refractivity contribution in [1.82, 2.24) is 10.2 Å². The van der Waals surface area contributed by atoms with Gasteiger partial charge in [0, 0.05) is 12.1 Å². The predicted octanol–water partition coefficient (Wildman–Crippen LogP) is 2.26.